The maximum absolute atomic E-state index is 12.9. The molecule has 4 rings (SSSR count). The van der Waals surface area contributed by atoms with Gasteiger partial charge < -0.3 is 39.4 Å². The summed E-state index contributed by atoms with van der Waals surface area (Å²) in [4.78, 5) is 25.5. The number of carbonyl (C=O) groups is 2. The fraction of sp³-hybridized carbons (Fsp3) is 0.478. The predicted molar refractivity (Wildman–Crippen MR) is 117 cm³/mol. The molecule has 4 N–H and O–H groups in total. The van der Waals surface area contributed by atoms with Crippen LogP contribution in [0.4, 0.5) is 0 Å². The van der Waals surface area contributed by atoms with Gasteiger partial charge >= 0.3 is 5.97 Å². The van der Waals surface area contributed by atoms with Crippen molar-refractivity contribution in [3.8, 4) is 11.5 Å². The van der Waals surface area contributed by atoms with Crippen LogP contribution in [0.1, 0.15) is 29.3 Å². The number of aromatic hydroxyl groups is 1. The molecule has 0 radical (unpaired) electrons. The van der Waals surface area contributed by atoms with Crippen LogP contribution >= 0.6 is 11.6 Å². The van der Waals surface area contributed by atoms with E-state index in [1.54, 1.807) is 25.2 Å². The van der Waals surface area contributed by atoms with Crippen molar-refractivity contribution in [2.75, 3.05) is 6.61 Å². The Hall–Kier alpha value is -2.47. The third-order valence-electron chi connectivity index (χ3n) is 5.79. The van der Waals surface area contributed by atoms with Crippen molar-refractivity contribution in [3.63, 3.8) is 0 Å². The van der Waals surface area contributed by atoms with Crippen LogP contribution in [0.3, 0.4) is 0 Å². The van der Waals surface area contributed by atoms with Crippen molar-refractivity contribution in [1.82, 2.24) is 0 Å². The van der Waals surface area contributed by atoms with Gasteiger partial charge in [-0.1, -0.05) is 29.8 Å². The minimum atomic E-state index is -1.51. The van der Waals surface area contributed by atoms with Crippen molar-refractivity contribution in [2.45, 2.75) is 62.7 Å². The molecule has 34 heavy (non-hydrogen) atoms. The van der Waals surface area contributed by atoms with Gasteiger partial charge in [0.1, 0.15) is 47.6 Å². The van der Waals surface area contributed by atoms with E-state index in [0.717, 1.165) is 6.07 Å². The molecular weight excluding hydrogens is 472 g/mol. The second-order valence-electron chi connectivity index (χ2n) is 8.36. The molecule has 1 aromatic carbocycles. The van der Waals surface area contributed by atoms with Crippen molar-refractivity contribution in [3.05, 3.63) is 46.5 Å². The number of benzene rings is 1. The SMILES string of the molecule is C[C@@H]1C[C@@H]2O[C@@H]2C=CC=CC(=O)Cc2c(Cl)c(OC3OC(CO)C(O)C3O)cc(O)c2C(=O)O1. The summed E-state index contributed by atoms with van der Waals surface area (Å²) in [6.45, 7) is 1.13. The van der Waals surface area contributed by atoms with E-state index in [1.807, 2.05) is 0 Å². The van der Waals surface area contributed by atoms with Gasteiger partial charge in [-0.25, -0.2) is 4.79 Å². The number of cyclic esters (lactones) is 1. The molecule has 184 valence electrons. The van der Waals surface area contributed by atoms with Crippen LogP contribution in [0.25, 0.3) is 0 Å². The van der Waals surface area contributed by atoms with E-state index in [9.17, 15) is 30.0 Å². The van der Waals surface area contributed by atoms with Crippen molar-refractivity contribution in [2.24, 2.45) is 0 Å². The van der Waals surface area contributed by atoms with Crippen LogP contribution in [-0.4, -0.2) is 81.7 Å². The number of phenolic OH excluding ortho intramolecular Hbond substituents is 1. The molecule has 11 heteroatoms. The molecule has 0 amide bonds. The summed E-state index contributed by atoms with van der Waals surface area (Å²) in [6.07, 6.45) is 0.217. The first kappa shape index (κ1) is 24.6. The van der Waals surface area contributed by atoms with Gasteiger partial charge in [-0.2, -0.15) is 0 Å². The number of ketones is 1. The van der Waals surface area contributed by atoms with E-state index in [1.165, 1.54) is 6.08 Å². The van der Waals surface area contributed by atoms with Crippen LogP contribution in [0.15, 0.2) is 30.4 Å². The van der Waals surface area contributed by atoms with Crippen molar-refractivity contribution < 1.29 is 49.0 Å². The highest BCUT2D eigenvalue weighted by molar-refractivity contribution is 6.33. The minimum Gasteiger partial charge on any atom is -0.507 e. The molecule has 4 unspecified atom stereocenters. The van der Waals surface area contributed by atoms with Crippen LogP contribution in [-0.2, 0) is 25.4 Å². The number of hydrogen-bond donors (Lipinski definition) is 4. The summed E-state index contributed by atoms with van der Waals surface area (Å²) in [6, 6.07) is 1.04. The van der Waals surface area contributed by atoms with E-state index >= 15 is 0 Å². The van der Waals surface area contributed by atoms with Gasteiger partial charge in [0.05, 0.1) is 17.7 Å². The summed E-state index contributed by atoms with van der Waals surface area (Å²) in [5.41, 5.74) is -0.315. The van der Waals surface area contributed by atoms with Gasteiger partial charge in [0.15, 0.2) is 5.78 Å². The fourth-order valence-electron chi connectivity index (χ4n) is 3.94. The first-order valence-electron chi connectivity index (χ1n) is 10.8. The Labute approximate surface area is 199 Å². The lowest BCUT2D eigenvalue weighted by atomic mass is 9.99. The van der Waals surface area contributed by atoms with Crippen LogP contribution < -0.4 is 4.74 Å². The molecule has 0 bridgehead atoms. The van der Waals surface area contributed by atoms with Crippen molar-refractivity contribution in [1.29, 1.82) is 0 Å². The number of halogens is 1. The largest absolute Gasteiger partial charge is 0.507 e. The van der Waals surface area contributed by atoms with Crippen LogP contribution in [0.2, 0.25) is 5.02 Å². The first-order chi connectivity index (χ1) is 16.2. The van der Waals surface area contributed by atoms with Crippen LogP contribution in [0, 0.1) is 0 Å². The number of aliphatic hydroxyl groups is 3. The standard InChI is InChI=1S/C23H25ClO10/c1-10-6-15-14(32-15)5-3-2-4-11(26)7-12-18(22(30)31-10)13(27)8-16(19(12)24)33-23-21(29)20(28)17(9-25)34-23/h2-5,8,10,14-15,17,20-21,23,25,27-29H,6-7,9H2,1H3/t10-,14-,15+,17?,20?,21?,23?/m1/s1. The molecule has 0 aliphatic carbocycles. The molecule has 10 nitrogen and oxygen atoms in total. The second-order valence-corrected chi connectivity index (χ2v) is 8.74. The zero-order chi connectivity index (χ0) is 24.6. The highest BCUT2D eigenvalue weighted by atomic mass is 35.5. The molecule has 0 saturated carbocycles. The average molecular weight is 497 g/mol. The Kier molecular flexibility index (Phi) is 7.27. The Morgan fingerprint density at radius 3 is 2.65 bits per heavy atom. The van der Waals surface area contributed by atoms with Gasteiger partial charge in [0.25, 0.3) is 0 Å². The molecule has 0 spiro atoms. The van der Waals surface area contributed by atoms with Gasteiger partial charge in [-0.15, -0.1) is 0 Å². The summed E-state index contributed by atoms with van der Waals surface area (Å²) in [5, 5.41) is 39.8. The van der Waals surface area contributed by atoms with Gasteiger partial charge in [0, 0.05) is 24.5 Å². The molecule has 2 fully saturated rings. The molecular formula is C23H25ClO10. The Balaban J connectivity index is 1.68. The number of allylic oxidation sites excluding steroid dienone is 3. The topological polar surface area (TPSA) is 155 Å². The number of fused-ring (bicyclic) bond motifs is 2. The van der Waals surface area contributed by atoms with E-state index in [0.29, 0.717) is 6.42 Å². The number of hydrogen-bond acceptors (Lipinski definition) is 10. The quantitative estimate of drug-likeness (QED) is 0.349. The fourth-order valence-corrected chi connectivity index (χ4v) is 4.20. The Morgan fingerprint density at radius 1 is 1.18 bits per heavy atom. The highest BCUT2D eigenvalue weighted by Gasteiger charge is 2.44. The zero-order valence-electron chi connectivity index (χ0n) is 18.2. The van der Waals surface area contributed by atoms with Gasteiger partial charge in [-0.05, 0) is 13.0 Å². The molecule has 3 heterocycles. The molecule has 2 saturated heterocycles. The summed E-state index contributed by atoms with van der Waals surface area (Å²) in [7, 11) is 0. The summed E-state index contributed by atoms with van der Waals surface area (Å²) in [5.74, 6) is -2.03. The molecule has 1 aromatic rings. The molecule has 3 aliphatic heterocycles. The lowest BCUT2D eigenvalue weighted by Crippen LogP contribution is -2.35. The number of phenols is 1. The number of epoxide rings is 1. The van der Waals surface area contributed by atoms with Gasteiger partial charge in [0.2, 0.25) is 6.29 Å². The maximum Gasteiger partial charge on any atom is 0.342 e. The number of carbonyl (C=O) groups excluding carboxylic acids is 2. The maximum atomic E-state index is 12.9. The molecule has 3 aliphatic rings. The number of aliphatic hydroxyl groups excluding tert-OH is 3. The minimum absolute atomic E-state index is 0.0307. The van der Waals surface area contributed by atoms with E-state index in [2.05, 4.69) is 0 Å². The first-order valence-corrected chi connectivity index (χ1v) is 11.1. The molecule has 0 aromatic heterocycles. The third kappa shape index (κ3) is 5.12. The summed E-state index contributed by atoms with van der Waals surface area (Å²) >= 11 is 6.48. The van der Waals surface area contributed by atoms with Crippen LogP contribution in [0.5, 0.6) is 11.5 Å². The second kappa shape index (κ2) is 10.0. The lowest BCUT2D eigenvalue weighted by Gasteiger charge is -2.21. The summed E-state index contributed by atoms with van der Waals surface area (Å²) < 4.78 is 21.8. The number of rotatable bonds is 3. The van der Waals surface area contributed by atoms with Crippen molar-refractivity contribution >= 4 is 23.4 Å². The monoisotopic (exact) mass is 496 g/mol. The third-order valence-corrected chi connectivity index (χ3v) is 6.21. The number of ether oxygens (including phenoxy) is 4. The molecule has 7 atom stereocenters. The highest BCUT2D eigenvalue weighted by Crippen LogP contribution is 2.40. The average Bonchev–Trinajstić information content (AvgIpc) is 3.46. The smallest absolute Gasteiger partial charge is 0.342 e. The Morgan fingerprint density at radius 2 is 1.94 bits per heavy atom. The van der Waals surface area contributed by atoms with Gasteiger partial charge in [-0.3, -0.25) is 4.79 Å². The lowest BCUT2D eigenvalue weighted by molar-refractivity contribution is -0.116. The number of esters is 1. The Bertz CT molecular complexity index is 1020. The van der Waals surface area contributed by atoms with E-state index in [-0.39, 0.29) is 40.5 Å². The van der Waals surface area contributed by atoms with E-state index in [4.69, 9.17) is 30.5 Å². The normalized spacial score (nSPS) is 33.6. The predicted octanol–water partition coefficient (Wildman–Crippen LogP) is 0.804. The van der Waals surface area contributed by atoms with E-state index < -0.39 is 54.8 Å². The zero-order valence-corrected chi connectivity index (χ0v) is 18.9.